The standard InChI is InChI=1S/C17H28ClN5/c1-17(2,21(3)4)13-20-16(19)23-11-9-22(10-12-23)15-7-5-14(18)6-8-15/h5-8H,9-13H2,1-4H3,(H2,19,20). The van der Waals surface area contributed by atoms with Gasteiger partial charge in [0.15, 0.2) is 5.96 Å². The monoisotopic (exact) mass is 337 g/mol. The van der Waals surface area contributed by atoms with Gasteiger partial charge in [-0.3, -0.25) is 4.99 Å². The van der Waals surface area contributed by atoms with E-state index in [2.05, 4.69) is 59.8 Å². The Bertz CT molecular complexity index is 530. The van der Waals surface area contributed by atoms with E-state index in [4.69, 9.17) is 17.3 Å². The van der Waals surface area contributed by atoms with E-state index in [0.717, 1.165) is 31.2 Å². The highest BCUT2D eigenvalue weighted by atomic mass is 35.5. The van der Waals surface area contributed by atoms with Crippen LogP contribution in [0.2, 0.25) is 5.02 Å². The van der Waals surface area contributed by atoms with Gasteiger partial charge in [-0.05, 0) is 52.2 Å². The number of rotatable bonds is 4. The number of halogens is 1. The van der Waals surface area contributed by atoms with Crippen LogP contribution in [0.5, 0.6) is 0 Å². The number of anilines is 1. The molecular formula is C17H28ClN5. The van der Waals surface area contributed by atoms with Gasteiger partial charge in [0.05, 0.1) is 6.54 Å². The van der Waals surface area contributed by atoms with Crippen LogP contribution in [-0.2, 0) is 0 Å². The summed E-state index contributed by atoms with van der Waals surface area (Å²) in [4.78, 5) is 11.3. The lowest BCUT2D eigenvalue weighted by Gasteiger charge is -2.37. The minimum Gasteiger partial charge on any atom is -0.370 e. The Morgan fingerprint density at radius 3 is 2.26 bits per heavy atom. The van der Waals surface area contributed by atoms with Crippen molar-refractivity contribution in [3.63, 3.8) is 0 Å². The molecule has 1 aromatic rings. The highest BCUT2D eigenvalue weighted by Crippen LogP contribution is 2.19. The van der Waals surface area contributed by atoms with E-state index in [1.54, 1.807) is 0 Å². The van der Waals surface area contributed by atoms with Crippen LogP contribution < -0.4 is 10.6 Å². The summed E-state index contributed by atoms with van der Waals surface area (Å²) >= 11 is 5.95. The predicted octanol–water partition coefficient (Wildman–Crippen LogP) is 2.12. The van der Waals surface area contributed by atoms with Crippen molar-refractivity contribution >= 4 is 23.2 Å². The molecule has 0 spiro atoms. The number of guanidine groups is 1. The zero-order valence-electron chi connectivity index (χ0n) is 14.6. The third-order valence-electron chi connectivity index (χ3n) is 4.63. The number of benzene rings is 1. The summed E-state index contributed by atoms with van der Waals surface area (Å²) in [6.07, 6.45) is 0. The molecule has 0 aliphatic carbocycles. The Kier molecular flexibility index (Phi) is 5.76. The number of piperazine rings is 1. The maximum atomic E-state index is 6.18. The van der Waals surface area contributed by atoms with Gasteiger partial charge in [0.1, 0.15) is 0 Å². The summed E-state index contributed by atoms with van der Waals surface area (Å²) < 4.78 is 0. The summed E-state index contributed by atoms with van der Waals surface area (Å²) in [7, 11) is 4.13. The molecule has 0 saturated carbocycles. The molecule has 128 valence electrons. The smallest absolute Gasteiger partial charge is 0.191 e. The number of hydrogen-bond donors (Lipinski definition) is 1. The van der Waals surface area contributed by atoms with Gasteiger partial charge in [0, 0.05) is 42.4 Å². The molecule has 0 radical (unpaired) electrons. The minimum absolute atomic E-state index is 0.00967. The SMILES string of the molecule is CN(C)C(C)(C)CN=C(N)N1CCN(c2ccc(Cl)cc2)CC1. The quantitative estimate of drug-likeness (QED) is 0.675. The van der Waals surface area contributed by atoms with Gasteiger partial charge in [-0.15, -0.1) is 0 Å². The average molecular weight is 338 g/mol. The van der Waals surface area contributed by atoms with Gasteiger partial charge in [0.25, 0.3) is 0 Å². The number of hydrogen-bond acceptors (Lipinski definition) is 3. The van der Waals surface area contributed by atoms with E-state index in [0.29, 0.717) is 12.5 Å². The lowest BCUT2D eigenvalue weighted by atomic mass is 10.1. The summed E-state index contributed by atoms with van der Waals surface area (Å²) in [5.41, 5.74) is 7.40. The van der Waals surface area contributed by atoms with E-state index < -0.39 is 0 Å². The zero-order chi connectivity index (χ0) is 17.0. The molecule has 0 unspecified atom stereocenters. The molecule has 0 bridgehead atoms. The third kappa shape index (κ3) is 4.75. The van der Waals surface area contributed by atoms with Gasteiger partial charge in [-0.2, -0.15) is 0 Å². The molecule has 6 heteroatoms. The van der Waals surface area contributed by atoms with Crippen molar-refractivity contribution in [2.45, 2.75) is 19.4 Å². The van der Waals surface area contributed by atoms with Crippen LogP contribution in [-0.4, -0.2) is 68.1 Å². The van der Waals surface area contributed by atoms with Gasteiger partial charge < -0.3 is 20.4 Å². The highest BCUT2D eigenvalue weighted by molar-refractivity contribution is 6.30. The fourth-order valence-electron chi connectivity index (χ4n) is 2.36. The van der Waals surface area contributed by atoms with Crippen LogP contribution in [0.3, 0.4) is 0 Å². The van der Waals surface area contributed by atoms with Crippen molar-refractivity contribution in [1.29, 1.82) is 0 Å². The molecule has 0 atom stereocenters. The summed E-state index contributed by atoms with van der Waals surface area (Å²) in [5.74, 6) is 0.649. The van der Waals surface area contributed by atoms with Gasteiger partial charge in [0.2, 0.25) is 0 Å². The molecule has 5 nitrogen and oxygen atoms in total. The van der Waals surface area contributed by atoms with E-state index in [1.165, 1.54) is 5.69 Å². The molecule has 1 saturated heterocycles. The van der Waals surface area contributed by atoms with E-state index in [9.17, 15) is 0 Å². The Morgan fingerprint density at radius 2 is 1.74 bits per heavy atom. The molecule has 23 heavy (non-hydrogen) atoms. The predicted molar refractivity (Wildman–Crippen MR) is 99.5 cm³/mol. The molecule has 1 aromatic carbocycles. The van der Waals surface area contributed by atoms with Crippen molar-refractivity contribution < 1.29 is 0 Å². The summed E-state index contributed by atoms with van der Waals surface area (Å²) in [5, 5.41) is 0.771. The number of nitrogens with zero attached hydrogens (tertiary/aromatic N) is 4. The second-order valence-corrected chi connectivity index (χ2v) is 7.27. The molecule has 1 heterocycles. The average Bonchev–Trinajstić information content (AvgIpc) is 2.53. The number of likely N-dealkylation sites (N-methyl/N-ethyl adjacent to an activating group) is 1. The summed E-state index contributed by atoms with van der Waals surface area (Å²) in [6, 6.07) is 7.99. The van der Waals surface area contributed by atoms with Crippen molar-refractivity contribution in [1.82, 2.24) is 9.80 Å². The molecule has 1 fully saturated rings. The normalized spacial score (nSPS) is 17.0. The number of aliphatic imine (C=N–C) groups is 1. The van der Waals surface area contributed by atoms with Crippen LogP contribution in [0.1, 0.15) is 13.8 Å². The summed E-state index contributed by atoms with van der Waals surface area (Å²) in [6.45, 7) is 8.69. The Hall–Kier alpha value is -1.46. The highest BCUT2D eigenvalue weighted by Gasteiger charge is 2.22. The van der Waals surface area contributed by atoms with E-state index in [1.807, 2.05) is 12.1 Å². The number of nitrogens with two attached hydrogens (primary N) is 1. The second kappa shape index (κ2) is 7.41. The van der Waals surface area contributed by atoms with Crippen molar-refractivity contribution in [3.8, 4) is 0 Å². The maximum Gasteiger partial charge on any atom is 0.191 e. The minimum atomic E-state index is 0.00967. The fourth-order valence-corrected chi connectivity index (χ4v) is 2.49. The van der Waals surface area contributed by atoms with Gasteiger partial charge in [-0.1, -0.05) is 11.6 Å². The first-order chi connectivity index (χ1) is 10.8. The van der Waals surface area contributed by atoms with Gasteiger partial charge >= 0.3 is 0 Å². The molecular weight excluding hydrogens is 310 g/mol. The van der Waals surface area contributed by atoms with Crippen molar-refractivity contribution in [2.75, 3.05) is 51.7 Å². The Morgan fingerprint density at radius 1 is 1.17 bits per heavy atom. The Balaban J connectivity index is 1.89. The van der Waals surface area contributed by atoms with Crippen LogP contribution in [0, 0.1) is 0 Å². The molecule has 0 aromatic heterocycles. The largest absolute Gasteiger partial charge is 0.370 e. The van der Waals surface area contributed by atoms with E-state index >= 15 is 0 Å². The van der Waals surface area contributed by atoms with Crippen LogP contribution in [0.25, 0.3) is 0 Å². The molecule has 1 aliphatic rings. The lowest BCUT2D eigenvalue weighted by molar-refractivity contribution is 0.204. The van der Waals surface area contributed by atoms with E-state index in [-0.39, 0.29) is 5.54 Å². The van der Waals surface area contributed by atoms with Crippen LogP contribution in [0.15, 0.2) is 29.3 Å². The first-order valence-electron chi connectivity index (χ1n) is 8.02. The molecule has 0 amide bonds. The lowest BCUT2D eigenvalue weighted by Crippen LogP contribution is -2.51. The molecule has 2 N–H and O–H groups in total. The fraction of sp³-hybridized carbons (Fsp3) is 0.588. The zero-order valence-corrected chi connectivity index (χ0v) is 15.3. The van der Waals surface area contributed by atoms with Crippen LogP contribution in [0.4, 0.5) is 5.69 Å². The first kappa shape index (κ1) is 17.9. The van der Waals surface area contributed by atoms with Crippen molar-refractivity contribution in [2.24, 2.45) is 10.7 Å². The Labute approximate surface area is 144 Å². The topological polar surface area (TPSA) is 48.1 Å². The molecule has 1 aliphatic heterocycles. The van der Waals surface area contributed by atoms with Gasteiger partial charge in [-0.25, -0.2) is 0 Å². The van der Waals surface area contributed by atoms with Crippen LogP contribution >= 0.6 is 11.6 Å². The van der Waals surface area contributed by atoms with Crippen molar-refractivity contribution in [3.05, 3.63) is 29.3 Å². The third-order valence-corrected chi connectivity index (χ3v) is 4.89. The first-order valence-corrected chi connectivity index (χ1v) is 8.40. The maximum absolute atomic E-state index is 6.18. The second-order valence-electron chi connectivity index (χ2n) is 6.83. The molecule has 2 rings (SSSR count).